The van der Waals surface area contributed by atoms with E-state index < -0.39 is 0 Å². The summed E-state index contributed by atoms with van der Waals surface area (Å²) in [5.74, 6) is 1.58. The highest BCUT2D eigenvalue weighted by Gasteiger charge is 2.39. The van der Waals surface area contributed by atoms with Crippen LogP contribution in [0.3, 0.4) is 0 Å². The van der Waals surface area contributed by atoms with Crippen molar-refractivity contribution in [2.45, 2.75) is 44.6 Å². The average Bonchev–Trinajstić information content (AvgIpc) is 3.07. The number of likely N-dealkylation sites (tertiary alicyclic amines) is 1. The van der Waals surface area contributed by atoms with Crippen LogP contribution in [0.15, 0.2) is 23.1 Å². The van der Waals surface area contributed by atoms with Gasteiger partial charge in [0.25, 0.3) is 5.91 Å². The molecular weight excluding hydrogens is 356 g/mol. The van der Waals surface area contributed by atoms with Crippen molar-refractivity contribution in [3.63, 3.8) is 0 Å². The molecule has 28 heavy (non-hydrogen) atoms. The highest BCUT2D eigenvalue weighted by atomic mass is 16.3. The van der Waals surface area contributed by atoms with Gasteiger partial charge in [0, 0.05) is 37.8 Å². The van der Waals surface area contributed by atoms with Crippen LogP contribution in [0.2, 0.25) is 0 Å². The first-order chi connectivity index (χ1) is 13.4. The van der Waals surface area contributed by atoms with Crippen LogP contribution in [0, 0.1) is 6.92 Å². The molecule has 1 aliphatic heterocycles. The van der Waals surface area contributed by atoms with E-state index in [0.29, 0.717) is 40.7 Å². The molecule has 3 aromatic heterocycles. The van der Waals surface area contributed by atoms with Gasteiger partial charge in [-0.05, 0) is 38.7 Å². The molecule has 2 fully saturated rings. The van der Waals surface area contributed by atoms with Crippen molar-refractivity contribution in [2.24, 2.45) is 7.05 Å². The largest absolute Gasteiger partial charge is 0.442 e. The zero-order valence-corrected chi connectivity index (χ0v) is 16.4. The van der Waals surface area contributed by atoms with Crippen LogP contribution < -0.4 is 5.32 Å². The molecule has 0 radical (unpaired) electrons. The van der Waals surface area contributed by atoms with E-state index in [1.807, 2.05) is 31.3 Å². The number of aryl methyl sites for hydroxylation is 2. The second-order valence-corrected chi connectivity index (χ2v) is 8.31. The zero-order chi connectivity index (χ0) is 19.5. The number of furan rings is 1. The molecule has 8 heteroatoms. The summed E-state index contributed by atoms with van der Waals surface area (Å²) in [6.07, 6.45) is 8.54. The van der Waals surface area contributed by atoms with Gasteiger partial charge >= 0.3 is 0 Å². The third-order valence-electron chi connectivity index (χ3n) is 5.97. The topological polar surface area (TPSA) is 89.1 Å². The Morgan fingerprint density at radius 1 is 1.36 bits per heavy atom. The molecule has 1 saturated carbocycles. The van der Waals surface area contributed by atoms with Crippen molar-refractivity contribution in [2.75, 3.05) is 18.4 Å². The highest BCUT2D eigenvalue weighted by molar-refractivity contribution is 6.10. The van der Waals surface area contributed by atoms with Crippen molar-refractivity contribution in [1.82, 2.24) is 24.6 Å². The minimum Gasteiger partial charge on any atom is -0.442 e. The number of aromatic nitrogens is 4. The van der Waals surface area contributed by atoms with Crippen molar-refractivity contribution >= 4 is 22.8 Å². The van der Waals surface area contributed by atoms with Crippen molar-refractivity contribution in [3.05, 3.63) is 35.6 Å². The van der Waals surface area contributed by atoms with E-state index in [0.717, 1.165) is 25.8 Å². The number of rotatable bonds is 4. The van der Waals surface area contributed by atoms with E-state index in [-0.39, 0.29) is 11.4 Å². The summed E-state index contributed by atoms with van der Waals surface area (Å²) in [5.41, 5.74) is 2.27. The minimum atomic E-state index is -0.0126. The van der Waals surface area contributed by atoms with Gasteiger partial charge in [-0.2, -0.15) is 5.10 Å². The van der Waals surface area contributed by atoms with E-state index in [1.54, 1.807) is 4.68 Å². The Labute approximate surface area is 162 Å². The molecule has 5 rings (SSSR count). The van der Waals surface area contributed by atoms with Crippen LogP contribution in [0.1, 0.15) is 53.8 Å². The summed E-state index contributed by atoms with van der Waals surface area (Å²) in [6, 6.07) is 0. The summed E-state index contributed by atoms with van der Waals surface area (Å²) in [5, 5.41) is 8.44. The number of nitrogens with zero attached hydrogens (tertiary/aromatic N) is 5. The number of anilines is 1. The SMILES string of the molecule is Cc1oc2ncnc(NC3(C)CC3)c2c1C(=O)N1CCC(c2cnn(C)c2)C1. The molecule has 1 amide bonds. The predicted molar refractivity (Wildman–Crippen MR) is 104 cm³/mol. The number of carbonyl (C=O) groups excluding carboxylic acids is 1. The molecule has 8 nitrogen and oxygen atoms in total. The van der Waals surface area contributed by atoms with Gasteiger partial charge in [-0.3, -0.25) is 9.48 Å². The van der Waals surface area contributed by atoms with Crippen LogP contribution in [0.4, 0.5) is 5.82 Å². The third-order valence-corrected chi connectivity index (χ3v) is 5.97. The van der Waals surface area contributed by atoms with E-state index in [2.05, 4.69) is 27.3 Å². The second kappa shape index (κ2) is 6.05. The maximum Gasteiger partial charge on any atom is 0.258 e. The molecule has 0 aromatic carbocycles. The monoisotopic (exact) mass is 380 g/mol. The molecule has 1 saturated heterocycles. The second-order valence-electron chi connectivity index (χ2n) is 8.31. The highest BCUT2D eigenvalue weighted by Crippen LogP contribution is 2.40. The number of amides is 1. The molecule has 1 N–H and O–H groups in total. The number of fused-ring (bicyclic) bond motifs is 1. The van der Waals surface area contributed by atoms with Gasteiger partial charge in [0.1, 0.15) is 17.9 Å². The first kappa shape index (κ1) is 17.2. The molecule has 1 atom stereocenters. The molecule has 4 heterocycles. The first-order valence-electron chi connectivity index (χ1n) is 9.74. The quantitative estimate of drug-likeness (QED) is 0.749. The van der Waals surface area contributed by atoms with E-state index in [9.17, 15) is 4.79 Å². The lowest BCUT2D eigenvalue weighted by Crippen LogP contribution is -2.29. The lowest BCUT2D eigenvalue weighted by atomic mass is 10.0. The van der Waals surface area contributed by atoms with Crippen LogP contribution in [-0.2, 0) is 7.05 Å². The summed E-state index contributed by atoms with van der Waals surface area (Å²) in [6.45, 7) is 5.39. The maximum absolute atomic E-state index is 13.4. The van der Waals surface area contributed by atoms with E-state index in [1.165, 1.54) is 11.9 Å². The van der Waals surface area contributed by atoms with E-state index in [4.69, 9.17) is 4.42 Å². The normalized spacial score (nSPS) is 20.7. The van der Waals surface area contributed by atoms with Crippen LogP contribution >= 0.6 is 0 Å². The summed E-state index contributed by atoms with van der Waals surface area (Å²) in [4.78, 5) is 24.0. The summed E-state index contributed by atoms with van der Waals surface area (Å²) >= 11 is 0. The van der Waals surface area contributed by atoms with Gasteiger partial charge in [-0.15, -0.1) is 0 Å². The Morgan fingerprint density at radius 3 is 2.89 bits per heavy atom. The van der Waals surface area contributed by atoms with Gasteiger partial charge in [0.15, 0.2) is 0 Å². The number of nitrogens with one attached hydrogen (secondary N) is 1. The Kier molecular flexibility index (Phi) is 3.72. The number of carbonyl (C=O) groups is 1. The molecule has 0 spiro atoms. The van der Waals surface area contributed by atoms with Crippen molar-refractivity contribution in [1.29, 1.82) is 0 Å². The number of hydrogen-bond acceptors (Lipinski definition) is 6. The van der Waals surface area contributed by atoms with Gasteiger partial charge in [0.2, 0.25) is 5.71 Å². The molecule has 1 unspecified atom stereocenters. The molecular formula is C20H24N6O2. The summed E-state index contributed by atoms with van der Waals surface area (Å²) < 4.78 is 7.63. The molecule has 146 valence electrons. The fraction of sp³-hybridized carbons (Fsp3) is 0.500. The van der Waals surface area contributed by atoms with Crippen LogP contribution in [0.5, 0.6) is 0 Å². The van der Waals surface area contributed by atoms with Crippen molar-refractivity contribution < 1.29 is 9.21 Å². The Morgan fingerprint density at radius 2 is 2.18 bits per heavy atom. The molecule has 1 aliphatic carbocycles. The molecule has 2 aliphatic rings. The van der Waals surface area contributed by atoms with Crippen LogP contribution in [0.25, 0.3) is 11.1 Å². The molecule has 3 aromatic rings. The lowest BCUT2D eigenvalue weighted by molar-refractivity contribution is 0.0790. The van der Waals surface area contributed by atoms with Crippen LogP contribution in [-0.4, -0.2) is 49.2 Å². The standard InChI is InChI=1S/C20H24N6O2/c1-12-15(16-17(24-20(2)5-6-20)21-11-22-18(16)28-12)19(27)26-7-4-13(10-26)14-8-23-25(3)9-14/h8-9,11,13H,4-7,10H2,1-3H3,(H,21,22,24). The fourth-order valence-corrected chi connectivity index (χ4v) is 4.02. The lowest BCUT2D eigenvalue weighted by Gasteiger charge is -2.17. The average molecular weight is 380 g/mol. The van der Waals surface area contributed by atoms with Gasteiger partial charge < -0.3 is 14.6 Å². The Bertz CT molecular complexity index is 1060. The smallest absolute Gasteiger partial charge is 0.258 e. The Balaban J connectivity index is 1.47. The van der Waals surface area contributed by atoms with Gasteiger partial charge in [-0.1, -0.05) is 0 Å². The number of hydrogen-bond donors (Lipinski definition) is 1. The third kappa shape index (κ3) is 2.83. The molecule has 0 bridgehead atoms. The first-order valence-corrected chi connectivity index (χ1v) is 9.74. The van der Waals surface area contributed by atoms with Crippen molar-refractivity contribution in [3.8, 4) is 0 Å². The minimum absolute atomic E-state index is 0.0126. The van der Waals surface area contributed by atoms with E-state index >= 15 is 0 Å². The Hall–Kier alpha value is -2.90. The maximum atomic E-state index is 13.4. The van der Waals surface area contributed by atoms with Gasteiger partial charge in [0.05, 0.1) is 17.1 Å². The zero-order valence-electron chi connectivity index (χ0n) is 16.4. The predicted octanol–water partition coefficient (Wildman–Crippen LogP) is 2.86. The summed E-state index contributed by atoms with van der Waals surface area (Å²) in [7, 11) is 1.91. The fourth-order valence-electron chi connectivity index (χ4n) is 4.02. The van der Waals surface area contributed by atoms with Gasteiger partial charge in [-0.25, -0.2) is 9.97 Å².